The molecule has 1 saturated heterocycles. The number of piperazine rings is 1. The van der Waals surface area contributed by atoms with Crippen molar-refractivity contribution in [1.82, 2.24) is 14.5 Å². The minimum Gasteiger partial charge on any atom is -0.355 e. The van der Waals surface area contributed by atoms with Crippen LogP contribution in [-0.2, 0) is 10.0 Å². The molecule has 2 fully saturated rings. The van der Waals surface area contributed by atoms with Crippen molar-refractivity contribution in [3.8, 4) is 0 Å². The number of hydrogen-bond donors (Lipinski definition) is 1. The zero-order valence-corrected chi connectivity index (χ0v) is 14.9. The van der Waals surface area contributed by atoms with Gasteiger partial charge in [-0.3, -0.25) is 4.79 Å². The summed E-state index contributed by atoms with van der Waals surface area (Å²) >= 11 is 0. The number of hydrogen-bond acceptors (Lipinski definition) is 4. The molecule has 0 unspecified atom stereocenters. The average molecular weight is 351 g/mol. The molecule has 3 rings (SSSR count). The van der Waals surface area contributed by atoms with E-state index in [9.17, 15) is 13.2 Å². The largest absolute Gasteiger partial charge is 0.355 e. The molecule has 0 atom stereocenters. The van der Waals surface area contributed by atoms with Crippen LogP contribution in [0.25, 0.3) is 0 Å². The summed E-state index contributed by atoms with van der Waals surface area (Å²) in [6.45, 7) is 3.77. The first kappa shape index (κ1) is 17.4. The third kappa shape index (κ3) is 3.63. The number of carbonyl (C=O) groups excluding carboxylic acids is 1. The van der Waals surface area contributed by atoms with Crippen LogP contribution in [0.3, 0.4) is 0 Å². The molecule has 0 spiro atoms. The molecular formula is C17H25N3O3S. The number of amides is 1. The molecule has 0 radical (unpaired) electrons. The zero-order chi connectivity index (χ0) is 17.2. The van der Waals surface area contributed by atoms with Gasteiger partial charge in [-0.25, -0.2) is 8.42 Å². The second-order valence-corrected chi connectivity index (χ2v) is 8.54. The average Bonchev–Trinajstić information content (AvgIpc) is 2.58. The van der Waals surface area contributed by atoms with E-state index in [1.807, 2.05) is 0 Å². The summed E-state index contributed by atoms with van der Waals surface area (Å²) < 4.78 is 27.0. The molecule has 0 aromatic heterocycles. The van der Waals surface area contributed by atoms with E-state index in [0.717, 1.165) is 25.6 Å². The predicted molar refractivity (Wildman–Crippen MR) is 92.4 cm³/mol. The van der Waals surface area contributed by atoms with Crippen molar-refractivity contribution in [3.05, 3.63) is 29.8 Å². The molecule has 2 aliphatic rings. The van der Waals surface area contributed by atoms with Crippen LogP contribution in [0.15, 0.2) is 29.2 Å². The highest BCUT2D eigenvalue weighted by molar-refractivity contribution is 7.89. The van der Waals surface area contributed by atoms with Crippen LogP contribution in [-0.4, -0.2) is 63.3 Å². The van der Waals surface area contributed by atoms with E-state index in [1.54, 1.807) is 23.5 Å². The number of nitrogens with zero attached hydrogens (tertiary/aromatic N) is 2. The monoisotopic (exact) mass is 351 g/mol. The van der Waals surface area contributed by atoms with Crippen LogP contribution in [0.1, 0.15) is 29.6 Å². The maximum Gasteiger partial charge on any atom is 0.251 e. The summed E-state index contributed by atoms with van der Waals surface area (Å²) in [6, 6.07) is 6.14. The summed E-state index contributed by atoms with van der Waals surface area (Å²) in [5.41, 5.74) is 0.460. The highest BCUT2D eigenvalue weighted by Gasteiger charge is 2.30. The SMILES string of the molecule is CNC(=O)c1ccc(S(=O)(=O)N2CCN(CC3CCC3)CC2)cc1. The van der Waals surface area contributed by atoms with Crippen LogP contribution in [0.5, 0.6) is 0 Å². The van der Waals surface area contributed by atoms with Gasteiger partial charge in [0.15, 0.2) is 0 Å². The third-order valence-corrected chi connectivity index (χ3v) is 6.97. The van der Waals surface area contributed by atoms with E-state index in [-0.39, 0.29) is 10.8 Å². The van der Waals surface area contributed by atoms with Crippen molar-refractivity contribution in [2.45, 2.75) is 24.2 Å². The molecule has 0 bridgehead atoms. The van der Waals surface area contributed by atoms with Gasteiger partial charge in [-0.2, -0.15) is 4.31 Å². The predicted octanol–water partition coefficient (Wildman–Crippen LogP) is 1.15. The van der Waals surface area contributed by atoms with Gasteiger partial charge in [-0.15, -0.1) is 0 Å². The van der Waals surface area contributed by atoms with E-state index in [4.69, 9.17) is 0 Å². The van der Waals surface area contributed by atoms with Gasteiger partial charge in [-0.1, -0.05) is 6.42 Å². The molecule has 132 valence electrons. The fourth-order valence-corrected chi connectivity index (χ4v) is 4.69. The summed E-state index contributed by atoms with van der Waals surface area (Å²) in [5, 5.41) is 2.53. The second kappa shape index (κ2) is 7.21. The van der Waals surface area contributed by atoms with E-state index in [0.29, 0.717) is 18.7 Å². The molecule has 1 aliphatic carbocycles. The zero-order valence-electron chi connectivity index (χ0n) is 14.1. The van der Waals surface area contributed by atoms with E-state index in [2.05, 4.69) is 10.2 Å². The highest BCUT2D eigenvalue weighted by atomic mass is 32.2. The van der Waals surface area contributed by atoms with Crippen LogP contribution in [0.4, 0.5) is 0 Å². The van der Waals surface area contributed by atoms with E-state index >= 15 is 0 Å². The third-order valence-electron chi connectivity index (χ3n) is 5.05. The molecule has 24 heavy (non-hydrogen) atoms. The number of benzene rings is 1. The maximum absolute atomic E-state index is 12.7. The van der Waals surface area contributed by atoms with Gasteiger partial charge in [0.05, 0.1) is 4.90 Å². The first-order valence-electron chi connectivity index (χ1n) is 8.55. The van der Waals surface area contributed by atoms with E-state index < -0.39 is 10.0 Å². The molecule has 1 aromatic carbocycles. The van der Waals surface area contributed by atoms with Gasteiger partial charge in [0.2, 0.25) is 10.0 Å². The Morgan fingerprint density at radius 2 is 1.75 bits per heavy atom. The number of carbonyl (C=O) groups is 1. The molecule has 1 N–H and O–H groups in total. The molecule has 1 aromatic rings. The maximum atomic E-state index is 12.7. The molecule has 1 heterocycles. The Hall–Kier alpha value is -1.44. The molecule has 1 amide bonds. The minimum atomic E-state index is -3.48. The molecule has 1 aliphatic heterocycles. The van der Waals surface area contributed by atoms with Crippen LogP contribution in [0, 0.1) is 5.92 Å². The summed E-state index contributed by atoms with van der Waals surface area (Å²) in [7, 11) is -1.93. The topological polar surface area (TPSA) is 69.7 Å². The number of rotatable bonds is 5. The molecule has 1 saturated carbocycles. The normalized spacial score (nSPS) is 20.5. The van der Waals surface area contributed by atoms with Gasteiger partial charge in [0.25, 0.3) is 5.91 Å². The van der Waals surface area contributed by atoms with Crippen LogP contribution in [0.2, 0.25) is 0 Å². The van der Waals surface area contributed by atoms with Crippen molar-refractivity contribution in [1.29, 1.82) is 0 Å². The van der Waals surface area contributed by atoms with Crippen molar-refractivity contribution in [2.75, 3.05) is 39.8 Å². The summed E-state index contributed by atoms with van der Waals surface area (Å²) in [5.74, 6) is 0.592. The number of sulfonamides is 1. The number of nitrogens with one attached hydrogen (secondary N) is 1. The van der Waals surface area contributed by atoms with Gasteiger partial charge in [0, 0.05) is 45.3 Å². The Labute approximate surface area is 143 Å². The van der Waals surface area contributed by atoms with Crippen molar-refractivity contribution < 1.29 is 13.2 Å². The minimum absolute atomic E-state index is 0.219. The quantitative estimate of drug-likeness (QED) is 0.864. The Morgan fingerprint density at radius 1 is 1.12 bits per heavy atom. The van der Waals surface area contributed by atoms with E-state index in [1.165, 1.54) is 31.4 Å². The van der Waals surface area contributed by atoms with Crippen molar-refractivity contribution in [2.24, 2.45) is 5.92 Å². The Balaban J connectivity index is 1.62. The molecule has 7 heteroatoms. The Kier molecular flexibility index (Phi) is 5.22. The van der Waals surface area contributed by atoms with Gasteiger partial charge >= 0.3 is 0 Å². The molecular weight excluding hydrogens is 326 g/mol. The Morgan fingerprint density at radius 3 is 2.25 bits per heavy atom. The lowest BCUT2D eigenvalue weighted by atomic mass is 9.85. The highest BCUT2D eigenvalue weighted by Crippen LogP contribution is 2.27. The van der Waals surface area contributed by atoms with Gasteiger partial charge in [0.1, 0.15) is 0 Å². The standard InChI is InChI=1S/C17H25N3O3S/c1-18-17(21)15-5-7-16(8-6-15)24(22,23)20-11-9-19(10-12-20)13-14-3-2-4-14/h5-8,14H,2-4,9-13H2,1H3,(H,18,21). The summed E-state index contributed by atoms with van der Waals surface area (Å²) in [6.07, 6.45) is 3.97. The second-order valence-electron chi connectivity index (χ2n) is 6.61. The lowest BCUT2D eigenvalue weighted by molar-refractivity contribution is 0.0963. The van der Waals surface area contributed by atoms with Crippen molar-refractivity contribution >= 4 is 15.9 Å². The smallest absolute Gasteiger partial charge is 0.251 e. The fourth-order valence-electron chi connectivity index (χ4n) is 3.26. The van der Waals surface area contributed by atoms with Gasteiger partial charge < -0.3 is 10.2 Å². The lowest BCUT2D eigenvalue weighted by Crippen LogP contribution is -2.50. The Bertz CT molecular complexity index is 676. The van der Waals surface area contributed by atoms with Crippen molar-refractivity contribution in [3.63, 3.8) is 0 Å². The molecule has 6 nitrogen and oxygen atoms in total. The van der Waals surface area contributed by atoms with Crippen LogP contribution >= 0.6 is 0 Å². The first-order chi connectivity index (χ1) is 11.5. The lowest BCUT2D eigenvalue weighted by Gasteiger charge is -2.37. The fraction of sp³-hybridized carbons (Fsp3) is 0.588. The summed E-state index contributed by atoms with van der Waals surface area (Å²) in [4.78, 5) is 14.2. The van der Waals surface area contributed by atoms with Crippen LogP contribution < -0.4 is 5.32 Å². The first-order valence-corrected chi connectivity index (χ1v) is 9.99. The van der Waals surface area contributed by atoms with Gasteiger partial charge in [-0.05, 0) is 43.0 Å².